The number of aromatic nitrogens is 1. The maximum absolute atomic E-state index is 13.6. The van der Waals surface area contributed by atoms with E-state index in [9.17, 15) is 9.59 Å². The van der Waals surface area contributed by atoms with Crippen molar-refractivity contribution >= 4 is 11.7 Å². The molecule has 0 fully saturated rings. The first kappa shape index (κ1) is 22.7. The van der Waals surface area contributed by atoms with Crippen molar-refractivity contribution < 1.29 is 4.79 Å². The Kier molecular flexibility index (Phi) is 7.66. The van der Waals surface area contributed by atoms with Gasteiger partial charge >= 0.3 is 0 Å². The Morgan fingerprint density at radius 1 is 1.28 bits per heavy atom. The van der Waals surface area contributed by atoms with Crippen LogP contribution in [0.1, 0.15) is 68.6 Å². The summed E-state index contributed by atoms with van der Waals surface area (Å²) in [4.78, 5) is 28.7. The molecule has 1 aliphatic heterocycles. The Balaban J connectivity index is 2.68. The maximum Gasteiger partial charge on any atom is 0.267 e. The molecule has 1 amide bonds. The highest BCUT2D eigenvalue weighted by Gasteiger charge is 2.38. The van der Waals surface area contributed by atoms with Crippen LogP contribution in [0.15, 0.2) is 41.4 Å². The van der Waals surface area contributed by atoms with Gasteiger partial charge in [0.1, 0.15) is 17.5 Å². The molecule has 1 N–H and O–H groups in total. The van der Waals surface area contributed by atoms with Crippen molar-refractivity contribution in [2.45, 2.75) is 66.5 Å². The number of amides is 1. The van der Waals surface area contributed by atoms with Gasteiger partial charge in [0.05, 0.1) is 0 Å². The van der Waals surface area contributed by atoms with Gasteiger partial charge < -0.3 is 9.88 Å². The molecule has 1 aliphatic rings. The van der Waals surface area contributed by atoms with E-state index in [2.05, 4.69) is 32.7 Å². The van der Waals surface area contributed by atoms with E-state index in [1.165, 1.54) is 0 Å². The molecule has 0 spiro atoms. The fourth-order valence-corrected chi connectivity index (χ4v) is 3.81. The van der Waals surface area contributed by atoms with Gasteiger partial charge in [-0.2, -0.15) is 0 Å². The Labute approximate surface area is 174 Å². The molecule has 0 aromatic carbocycles. The lowest BCUT2D eigenvalue weighted by molar-refractivity contribution is 0.0719. The lowest BCUT2D eigenvalue weighted by Gasteiger charge is -2.41. The summed E-state index contributed by atoms with van der Waals surface area (Å²) >= 11 is 0. The van der Waals surface area contributed by atoms with Crippen LogP contribution in [0.3, 0.4) is 0 Å². The van der Waals surface area contributed by atoms with Crippen molar-refractivity contribution in [2.75, 3.05) is 5.32 Å². The van der Waals surface area contributed by atoms with E-state index in [1.807, 2.05) is 43.7 Å². The Morgan fingerprint density at radius 3 is 2.52 bits per heavy atom. The van der Waals surface area contributed by atoms with Crippen LogP contribution in [0, 0.1) is 12.8 Å². The maximum atomic E-state index is 13.6. The number of carbonyl (C=O) groups excluding carboxylic acids is 1. The molecule has 5 heteroatoms. The van der Waals surface area contributed by atoms with E-state index in [0.717, 1.165) is 30.5 Å². The van der Waals surface area contributed by atoms with Gasteiger partial charge in [-0.1, -0.05) is 52.3 Å². The molecule has 5 nitrogen and oxygen atoms in total. The SMILES string of the molecule is C=C/C(=C\C=C/C)N1C(=O)c2c(n(C)c(C)c(CCCCC)c2=O)NC1C(C)C. The number of nitrogens with zero attached hydrogens (tertiary/aromatic N) is 2. The number of carbonyl (C=O) groups is 1. The summed E-state index contributed by atoms with van der Waals surface area (Å²) < 4.78 is 1.96. The molecule has 0 radical (unpaired) electrons. The number of unbranched alkanes of at least 4 members (excludes halogenated alkanes) is 2. The first-order valence-corrected chi connectivity index (χ1v) is 10.6. The number of anilines is 1. The molecular formula is C24H35N3O2. The molecule has 1 atom stereocenters. The topological polar surface area (TPSA) is 54.3 Å². The van der Waals surface area contributed by atoms with Crippen LogP contribution in [-0.2, 0) is 13.5 Å². The second kappa shape index (κ2) is 9.77. The van der Waals surface area contributed by atoms with Gasteiger partial charge in [0.2, 0.25) is 0 Å². The number of nitrogens with one attached hydrogen (secondary N) is 1. The van der Waals surface area contributed by atoms with Crippen molar-refractivity contribution in [3.05, 3.63) is 63.6 Å². The van der Waals surface area contributed by atoms with Gasteiger partial charge in [0.25, 0.3) is 5.91 Å². The lowest BCUT2D eigenvalue weighted by Crippen LogP contribution is -2.53. The van der Waals surface area contributed by atoms with Crippen molar-refractivity contribution in [1.29, 1.82) is 0 Å². The van der Waals surface area contributed by atoms with Crippen LogP contribution in [0.4, 0.5) is 5.82 Å². The molecule has 0 bridgehead atoms. The Hall–Kier alpha value is -2.56. The van der Waals surface area contributed by atoms with Crippen LogP contribution >= 0.6 is 0 Å². The second-order valence-corrected chi connectivity index (χ2v) is 7.96. The number of hydrogen-bond acceptors (Lipinski definition) is 3. The minimum atomic E-state index is -0.263. The summed E-state index contributed by atoms with van der Waals surface area (Å²) in [5.41, 5.74) is 2.44. The molecule has 1 aromatic heterocycles. The zero-order valence-corrected chi connectivity index (χ0v) is 18.7. The molecule has 0 saturated carbocycles. The molecule has 158 valence electrons. The standard InChI is InChI=1S/C24H35N3O2/c1-8-11-13-15-19-17(6)26(7)23-20(21(19)28)24(29)27(22(25-23)16(4)5)18(10-3)14-12-9-2/h9-10,12,14,16,22,25H,3,8,11,13,15H2,1-2,4-7H3/b12-9-,18-14+. The van der Waals surface area contributed by atoms with Crippen molar-refractivity contribution in [2.24, 2.45) is 13.0 Å². The second-order valence-electron chi connectivity index (χ2n) is 7.96. The Morgan fingerprint density at radius 2 is 1.97 bits per heavy atom. The van der Waals surface area contributed by atoms with E-state index < -0.39 is 0 Å². The van der Waals surface area contributed by atoms with Crippen LogP contribution in [0.2, 0.25) is 0 Å². The molecule has 1 aromatic rings. The van der Waals surface area contributed by atoms with Gasteiger partial charge in [-0.15, -0.1) is 0 Å². The summed E-state index contributed by atoms with van der Waals surface area (Å²) in [6.45, 7) is 14.0. The lowest BCUT2D eigenvalue weighted by atomic mass is 9.98. The normalized spacial score (nSPS) is 17.1. The van der Waals surface area contributed by atoms with Crippen LogP contribution in [-0.4, -0.2) is 21.5 Å². The summed E-state index contributed by atoms with van der Waals surface area (Å²) in [5.74, 6) is 0.493. The minimum Gasteiger partial charge on any atom is -0.350 e. The monoisotopic (exact) mass is 397 g/mol. The van der Waals surface area contributed by atoms with Gasteiger partial charge in [-0.25, -0.2) is 0 Å². The predicted octanol–water partition coefficient (Wildman–Crippen LogP) is 4.92. The zero-order valence-electron chi connectivity index (χ0n) is 18.7. The van der Waals surface area contributed by atoms with Crippen LogP contribution in [0.5, 0.6) is 0 Å². The summed E-state index contributed by atoms with van der Waals surface area (Å²) in [6.07, 6.45) is 10.8. The minimum absolute atomic E-state index is 0.140. The third-order valence-corrected chi connectivity index (χ3v) is 5.62. The first-order chi connectivity index (χ1) is 13.8. The molecule has 2 heterocycles. The highest BCUT2D eigenvalue weighted by molar-refractivity contribution is 6.02. The first-order valence-electron chi connectivity index (χ1n) is 10.6. The average Bonchev–Trinajstić information content (AvgIpc) is 2.69. The van der Waals surface area contributed by atoms with E-state index >= 15 is 0 Å². The van der Waals surface area contributed by atoms with Gasteiger partial charge in [-0.3, -0.25) is 14.5 Å². The summed E-state index contributed by atoms with van der Waals surface area (Å²) in [6, 6.07) is 0. The third kappa shape index (κ3) is 4.39. The van der Waals surface area contributed by atoms with Crippen LogP contribution < -0.4 is 10.7 Å². The molecule has 0 saturated heterocycles. The summed E-state index contributed by atoms with van der Waals surface area (Å²) in [7, 11) is 1.92. The summed E-state index contributed by atoms with van der Waals surface area (Å²) in [5, 5.41) is 3.47. The van der Waals surface area contributed by atoms with E-state index in [0.29, 0.717) is 17.9 Å². The number of allylic oxidation sites excluding steroid dienone is 4. The number of rotatable bonds is 8. The fraction of sp³-hybridized carbons (Fsp3) is 0.500. The third-order valence-electron chi connectivity index (χ3n) is 5.62. The number of fused-ring (bicyclic) bond motifs is 1. The van der Waals surface area contributed by atoms with Crippen molar-refractivity contribution in [1.82, 2.24) is 9.47 Å². The quantitative estimate of drug-likeness (QED) is 0.500. The highest BCUT2D eigenvalue weighted by Crippen LogP contribution is 2.31. The number of pyridine rings is 1. The van der Waals surface area contributed by atoms with E-state index in [-0.39, 0.29) is 29.0 Å². The smallest absolute Gasteiger partial charge is 0.267 e. The molecule has 2 rings (SSSR count). The van der Waals surface area contributed by atoms with E-state index in [1.54, 1.807) is 11.0 Å². The number of hydrogen-bond donors (Lipinski definition) is 1. The van der Waals surface area contributed by atoms with E-state index in [4.69, 9.17) is 0 Å². The highest BCUT2D eigenvalue weighted by atomic mass is 16.2. The van der Waals surface area contributed by atoms with Crippen molar-refractivity contribution in [3.63, 3.8) is 0 Å². The van der Waals surface area contributed by atoms with Gasteiger partial charge in [0.15, 0.2) is 5.43 Å². The molecule has 29 heavy (non-hydrogen) atoms. The molecule has 1 unspecified atom stereocenters. The largest absolute Gasteiger partial charge is 0.350 e. The predicted molar refractivity (Wildman–Crippen MR) is 121 cm³/mol. The zero-order chi connectivity index (χ0) is 21.7. The van der Waals surface area contributed by atoms with Crippen LogP contribution in [0.25, 0.3) is 0 Å². The Bertz CT molecular complexity index is 890. The average molecular weight is 398 g/mol. The van der Waals surface area contributed by atoms with Gasteiger partial charge in [0, 0.05) is 24.0 Å². The molecule has 0 aliphatic carbocycles. The molecular weight excluding hydrogens is 362 g/mol. The van der Waals surface area contributed by atoms with Gasteiger partial charge in [-0.05, 0) is 44.8 Å². The fourth-order valence-electron chi connectivity index (χ4n) is 3.81. The van der Waals surface area contributed by atoms with Crippen molar-refractivity contribution in [3.8, 4) is 0 Å².